The Bertz CT molecular complexity index is 825. The van der Waals surface area contributed by atoms with Gasteiger partial charge in [0.05, 0.1) is 0 Å². The second kappa shape index (κ2) is 10.1. The molecule has 3 rings (SSSR count). The van der Waals surface area contributed by atoms with Crippen molar-refractivity contribution in [3.05, 3.63) is 101 Å². The fraction of sp³-hybridized carbons (Fsp3) is 0.130. The Morgan fingerprint density at radius 2 is 1.38 bits per heavy atom. The summed E-state index contributed by atoms with van der Waals surface area (Å²) in [4.78, 5) is 0. The molecule has 0 aliphatic heterocycles. The molecule has 0 aromatic heterocycles. The molecule has 0 saturated heterocycles. The van der Waals surface area contributed by atoms with E-state index < -0.39 is 0 Å². The molecule has 0 aliphatic carbocycles. The predicted octanol–water partition coefficient (Wildman–Crippen LogP) is 6.74. The van der Waals surface area contributed by atoms with Gasteiger partial charge in [-0.25, -0.2) is 8.78 Å². The van der Waals surface area contributed by atoms with Gasteiger partial charge in [0.2, 0.25) is 0 Å². The predicted molar refractivity (Wildman–Crippen MR) is 104 cm³/mol. The maximum Gasteiger partial charge on any atom is 0.127 e. The summed E-state index contributed by atoms with van der Waals surface area (Å²) < 4.78 is 32.3. The third-order valence-electron chi connectivity index (χ3n) is 3.48. The largest absolute Gasteiger partial charge is 0.489 e. The van der Waals surface area contributed by atoms with Gasteiger partial charge in [-0.15, -0.1) is 0 Å². The van der Waals surface area contributed by atoms with Gasteiger partial charge in [0, 0.05) is 6.07 Å². The summed E-state index contributed by atoms with van der Waals surface area (Å²) in [7, 11) is 0. The standard InChI is InChI=1S/C21H16F2O.C2H6/c22-19-10-8-16(9-11-19)6-7-18-12-20(23)14-21(13-18)24-15-17-4-2-1-3-5-17;1-2/h1-14H,15H2;1-2H3/b7-6+;. The van der Waals surface area contributed by atoms with E-state index in [-0.39, 0.29) is 11.6 Å². The maximum absolute atomic E-state index is 13.8. The topological polar surface area (TPSA) is 9.23 Å². The lowest BCUT2D eigenvalue weighted by atomic mass is 10.1. The molecule has 134 valence electrons. The molecule has 0 amide bonds. The van der Waals surface area contributed by atoms with E-state index in [1.54, 1.807) is 30.4 Å². The van der Waals surface area contributed by atoms with Crippen molar-refractivity contribution in [1.29, 1.82) is 0 Å². The molecule has 3 aromatic rings. The second-order valence-electron chi connectivity index (χ2n) is 5.38. The van der Waals surface area contributed by atoms with Gasteiger partial charge in [0.1, 0.15) is 24.0 Å². The summed E-state index contributed by atoms with van der Waals surface area (Å²) in [6, 6.07) is 20.4. The fourth-order valence-corrected chi connectivity index (χ4v) is 2.27. The molecule has 0 unspecified atom stereocenters. The maximum atomic E-state index is 13.8. The summed E-state index contributed by atoms with van der Waals surface area (Å²) in [6.07, 6.45) is 3.57. The van der Waals surface area contributed by atoms with E-state index in [2.05, 4.69) is 0 Å². The number of benzene rings is 3. The van der Waals surface area contributed by atoms with E-state index >= 15 is 0 Å². The molecule has 0 N–H and O–H groups in total. The molecule has 3 aromatic carbocycles. The lowest BCUT2D eigenvalue weighted by Gasteiger charge is -2.07. The zero-order valence-corrected chi connectivity index (χ0v) is 15.0. The van der Waals surface area contributed by atoms with Gasteiger partial charge >= 0.3 is 0 Å². The van der Waals surface area contributed by atoms with Gasteiger partial charge in [-0.1, -0.05) is 68.5 Å². The van der Waals surface area contributed by atoms with Crippen molar-refractivity contribution in [2.75, 3.05) is 0 Å². The molecule has 0 spiro atoms. The number of halogens is 2. The zero-order chi connectivity index (χ0) is 18.8. The summed E-state index contributed by atoms with van der Waals surface area (Å²) in [5.41, 5.74) is 2.54. The number of rotatable bonds is 5. The molecule has 3 heteroatoms. The van der Waals surface area contributed by atoms with Crippen LogP contribution in [-0.2, 0) is 6.61 Å². The number of hydrogen-bond donors (Lipinski definition) is 0. The first-order chi connectivity index (χ1) is 12.7. The Morgan fingerprint density at radius 3 is 2.08 bits per heavy atom. The fourth-order valence-electron chi connectivity index (χ4n) is 2.27. The second-order valence-corrected chi connectivity index (χ2v) is 5.38. The normalized spacial score (nSPS) is 10.3. The number of hydrogen-bond acceptors (Lipinski definition) is 1. The Balaban J connectivity index is 0.00000117. The highest BCUT2D eigenvalue weighted by atomic mass is 19.1. The van der Waals surface area contributed by atoms with Crippen molar-refractivity contribution < 1.29 is 13.5 Å². The molecule has 0 aliphatic rings. The van der Waals surface area contributed by atoms with E-state index in [0.29, 0.717) is 17.9 Å². The average Bonchev–Trinajstić information content (AvgIpc) is 2.68. The van der Waals surface area contributed by atoms with Crippen molar-refractivity contribution in [2.24, 2.45) is 0 Å². The Kier molecular flexibility index (Phi) is 7.56. The lowest BCUT2D eigenvalue weighted by Crippen LogP contribution is -1.95. The van der Waals surface area contributed by atoms with Crippen LogP contribution in [0.3, 0.4) is 0 Å². The minimum absolute atomic E-state index is 0.283. The van der Waals surface area contributed by atoms with Crippen LogP contribution in [0.5, 0.6) is 5.75 Å². The van der Waals surface area contributed by atoms with Gasteiger partial charge in [-0.3, -0.25) is 0 Å². The number of ether oxygens (including phenoxy) is 1. The van der Waals surface area contributed by atoms with Crippen LogP contribution in [0.25, 0.3) is 12.2 Å². The van der Waals surface area contributed by atoms with Crippen LogP contribution in [0.15, 0.2) is 72.8 Å². The van der Waals surface area contributed by atoms with Gasteiger partial charge in [0.15, 0.2) is 0 Å². The molecule has 26 heavy (non-hydrogen) atoms. The molecule has 0 bridgehead atoms. The summed E-state index contributed by atoms with van der Waals surface area (Å²) in [5, 5.41) is 0. The molecule has 0 heterocycles. The van der Waals surface area contributed by atoms with Crippen LogP contribution in [0.2, 0.25) is 0 Å². The Labute approximate surface area is 153 Å². The van der Waals surface area contributed by atoms with Gasteiger partial charge < -0.3 is 4.74 Å². The Morgan fingerprint density at radius 1 is 0.731 bits per heavy atom. The van der Waals surface area contributed by atoms with Crippen LogP contribution in [0.1, 0.15) is 30.5 Å². The van der Waals surface area contributed by atoms with Crippen molar-refractivity contribution in [2.45, 2.75) is 20.5 Å². The SMILES string of the molecule is CC.Fc1ccc(/C=C/c2cc(F)cc(OCc3ccccc3)c2)cc1. The van der Waals surface area contributed by atoms with Gasteiger partial charge in [0.25, 0.3) is 0 Å². The van der Waals surface area contributed by atoms with Crippen LogP contribution in [0.4, 0.5) is 8.78 Å². The first-order valence-electron chi connectivity index (χ1n) is 8.60. The van der Waals surface area contributed by atoms with Crippen LogP contribution in [-0.4, -0.2) is 0 Å². The molecular formula is C23H22F2O. The van der Waals surface area contributed by atoms with Gasteiger partial charge in [-0.05, 0) is 41.0 Å². The molecule has 0 atom stereocenters. The van der Waals surface area contributed by atoms with Crippen LogP contribution < -0.4 is 4.74 Å². The molecule has 0 saturated carbocycles. The summed E-state index contributed by atoms with van der Waals surface area (Å²) in [5.74, 6) is -0.175. The molecule has 0 radical (unpaired) electrons. The third-order valence-corrected chi connectivity index (χ3v) is 3.48. The van der Waals surface area contributed by atoms with E-state index in [1.165, 1.54) is 24.3 Å². The average molecular weight is 352 g/mol. The molecule has 0 fully saturated rings. The lowest BCUT2D eigenvalue weighted by molar-refractivity contribution is 0.304. The van der Waals surface area contributed by atoms with E-state index in [0.717, 1.165) is 11.1 Å². The van der Waals surface area contributed by atoms with Crippen molar-refractivity contribution in [3.8, 4) is 5.75 Å². The Hall–Kier alpha value is -2.94. The summed E-state index contributed by atoms with van der Waals surface area (Å²) >= 11 is 0. The minimum atomic E-state index is -0.362. The van der Waals surface area contributed by atoms with E-state index in [1.807, 2.05) is 44.2 Å². The molecule has 1 nitrogen and oxygen atoms in total. The van der Waals surface area contributed by atoms with Crippen molar-refractivity contribution in [1.82, 2.24) is 0 Å². The monoisotopic (exact) mass is 352 g/mol. The van der Waals surface area contributed by atoms with E-state index in [9.17, 15) is 8.78 Å². The van der Waals surface area contributed by atoms with Gasteiger partial charge in [-0.2, -0.15) is 0 Å². The summed E-state index contributed by atoms with van der Waals surface area (Å²) in [6.45, 7) is 4.38. The highest BCUT2D eigenvalue weighted by Gasteiger charge is 2.01. The van der Waals surface area contributed by atoms with Crippen LogP contribution >= 0.6 is 0 Å². The third kappa shape index (κ3) is 6.17. The highest BCUT2D eigenvalue weighted by molar-refractivity contribution is 5.70. The highest BCUT2D eigenvalue weighted by Crippen LogP contribution is 2.20. The quantitative estimate of drug-likeness (QED) is 0.462. The first kappa shape index (κ1) is 19.4. The van der Waals surface area contributed by atoms with E-state index in [4.69, 9.17) is 4.74 Å². The smallest absolute Gasteiger partial charge is 0.127 e. The molecular weight excluding hydrogens is 330 g/mol. The minimum Gasteiger partial charge on any atom is -0.489 e. The van der Waals surface area contributed by atoms with Crippen LogP contribution in [0, 0.1) is 11.6 Å². The zero-order valence-electron chi connectivity index (χ0n) is 15.0. The van der Waals surface area contributed by atoms with Crippen molar-refractivity contribution in [3.63, 3.8) is 0 Å². The van der Waals surface area contributed by atoms with Crippen molar-refractivity contribution >= 4 is 12.2 Å². The first-order valence-corrected chi connectivity index (χ1v) is 8.60.